The molecule has 3 heteroatoms. The lowest BCUT2D eigenvalue weighted by Crippen LogP contribution is -1.93. The number of halogens is 3. The van der Waals surface area contributed by atoms with Gasteiger partial charge in [0.05, 0.1) is 0 Å². The Kier molecular flexibility index (Phi) is 4.33. The average molecular weight is 279 g/mol. The van der Waals surface area contributed by atoms with E-state index in [-0.39, 0.29) is 5.88 Å². The van der Waals surface area contributed by atoms with Crippen LogP contribution in [0, 0.1) is 18.6 Å². The van der Waals surface area contributed by atoms with Crippen molar-refractivity contribution >= 4 is 23.3 Å². The van der Waals surface area contributed by atoms with Gasteiger partial charge >= 0.3 is 0 Å². The lowest BCUT2D eigenvalue weighted by Gasteiger charge is -2.06. The van der Waals surface area contributed by atoms with Crippen LogP contribution in [0.15, 0.2) is 42.5 Å². The first-order chi connectivity index (χ1) is 9.10. The number of hydrogen-bond donors (Lipinski definition) is 0. The molecular formula is C16H13ClF2. The first kappa shape index (κ1) is 13.8. The highest BCUT2D eigenvalue weighted by Crippen LogP contribution is 2.23. The summed E-state index contributed by atoms with van der Waals surface area (Å²) in [5, 5.41) is 0. The summed E-state index contributed by atoms with van der Waals surface area (Å²) in [6.45, 7) is 2.00. The molecule has 0 spiro atoms. The first-order valence-electron chi connectivity index (χ1n) is 5.89. The van der Waals surface area contributed by atoms with Crippen molar-refractivity contribution < 1.29 is 8.78 Å². The molecule has 0 atom stereocenters. The minimum absolute atomic E-state index is 0.163. The smallest absolute Gasteiger partial charge is 0.133 e. The fraction of sp³-hybridized carbons (Fsp3) is 0.125. The summed E-state index contributed by atoms with van der Waals surface area (Å²) in [4.78, 5) is 0. The number of benzene rings is 2. The van der Waals surface area contributed by atoms with E-state index in [9.17, 15) is 8.78 Å². The summed E-state index contributed by atoms with van der Waals surface area (Å²) in [7, 11) is 0. The van der Waals surface area contributed by atoms with Crippen LogP contribution in [-0.2, 0) is 0 Å². The van der Waals surface area contributed by atoms with Gasteiger partial charge in [0.2, 0.25) is 0 Å². The van der Waals surface area contributed by atoms with E-state index in [0.29, 0.717) is 11.1 Å². The van der Waals surface area contributed by atoms with Crippen molar-refractivity contribution in [1.29, 1.82) is 0 Å². The van der Waals surface area contributed by atoms with Gasteiger partial charge in [-0.2, -0.15) is 0 Å². The molecule has 2 aromatic rings. The molecule has 2 aromatic carbocycles. The maximum atomic E-state index is 13.7. The van der Waals surface area contributed by atoms with E-state index in [1.54, 1.807) is 0 Å². The third-order valence-electron chi connectivity index (χ3n) is 2.84. The molecule has 0 nitrogen and oxygen atoms in total. The van der Waals surface area contributed by atoms with Gasteiger partial charge in [-0.05, 0) is 36.3 Å². The second-order valence-electron chi connectivity index (χ2n) is 4.34. The Bertz CT molecular complexity index is 601. The van der Waals surface area contributed by atoms with Crippen molar-refractivity contribution in [3.8, 4) is 0 Å². The van der Waals surface area contributed by atoms with Crippen LogP contribution in [0.25, 0.3) is 11.6 Å². The third kappa shape index (κ3) is 3.42. The van der Waals surface area contributed by atoms with Crippen molar-refractivity contribution in [1.82, 2.24) is 0 Å². The average Bonchev–Trinajstić information content (AvgIpc) is 2.39. The summed E-state index contributed by atoms with van der Waals surface area (Å²) in [5.74, 6) is -1.03. The van der Waals surface area contributed by atoms with Crippen LogP contribution in [0.4, 0.5) is 8.78 Å². The molecule has 0 aliphatic heterocycles. The number of allylic oxidation sites excluding steroid dienone is 1. The van der Waals surface area contributed by atoms with Gasteiger partial charge in [0.1, 0.15) is 11.6 Å². The minimum atomic E-state index is -0.598. The van der Waals surface area contributed by atoms with E-state index in [0.717, 1.165) is 17.2 Å². The SMILES string of the molecule is Cc1ccc(/C=C(\CCl)c2ccc(F)cc2F)cc1. The predicted octanol–water partition coefficient (Wildman–Crippen LogP) is 5.05. The number of aryl methyl sites for hydroxylation is 1. The molecular weight excluding hydrogens is 266 g/mol. The van der Waals surface area contributed by atoms with Gasteiger partial charge in [0.15, 0.2) is 0 Å². The summed E-state index contributed by atoms with van der Waals surface area (Å²) in [5.41, 5.74) is 3.04. The maximum Gasteiger partial charge on any atom is 0.133 e. The van der Waals surface area contributed by atoms with Gasteiger partial charge in [-0.15, -0.1) is 11.6 Å². The first-order valence-corrected chi connectivity index (χ1v) is 6.42. The quantitative estimate of drug-likeness (QED) is 0.544. The van der Waals surface area contributed by atoms with E-state index in [1.165, 1.54) is 12.1 Å². The van der Waals surface area contributed by atoms with E-state index in [1.807, 2.05) is 37.3 Å². The molecule has 0 heterocycles. The highest BCUT2D eigenvalue weighted by molar-refractivity contribution is 6.24. The van der Waals surface area contributed by atoms with E-state index >= 15 is 0 Å². The molecule has 0 bridgehead atoms. The van der Waals surface area contributed by atoms with Gasteiger partial charge in [-0.25, -0.2) is 8.78 Å². The van der Waals surface area contributed by atoms with Crippen LogP contribution in [0.5, 0.6) is 0 Å². The standard InChI is InChI=1S/C16H13ClF2/c1-11-2-4-12(5-3-11)8-13(10-17)15-7-6-14(18)9-16(15)19/h2-9H,10H2,1H3/b13-8+. The van der Waals surface area contributed by atoms with Crippen LogP contribution < -0.4 is 0 Å². The summed E-state index contributed by atoms with van der Waals surface area (Å²) >= 11 is 5.87. The Hall–Kier alpha value is -1.67. The van der Waals surface area contributed by atoms with Crippen molar-refractivity contribution in [2.75, 3.05) is 5.88 Å². The zero-order valence-electron chi connectivity index (χ0n) is 10.5. The molecule has 19 heavy (non-hydrogen) atoms. The Morgan fingerprint density at radius 2 is 1.79 bits per heavy atom. The highest BCUT2D eigenvalue weighted by Gasteiger charge is 2.08. The predicted molar refractivity (Wildman–Crippen MR) is 76.1 cm³/mol. The van der Waals surface area contributed by atoms with Gasteiger partial charge in [-0.1, -0.05) is 29.8 Å². The molecule has 0 radical (unpaired) electrons. The van der Waals surface area contributed by atoms with Crippen LogP contribution >= 0.6 is 11.6 Å². The van der Waals surface area contributed by atoms with Crippen LogP contribution in [-0.4, -0.2) is 5.88 Å². The fourth-order valence-electron chi connectivity index (χ4n) is 1.80. The molecule has 0 unspecified atom stereocenters. The summed E-state index contributed by atoms with van der Waals surface area (Å²) in [6.07, 6.45) is 1.81. The molecule has 0 aliphatic rings. The summed E-state index contributed by atoms with van der Waals surface area (Å²) < 4.78 is 26.6. The maximum absolute atomic E-state index is 13.7. The third-order valence-corrected chi connectivity index (χ3v) is 3.13. The van der Waals surface area contributed by atoms with Gasteiger partial charge in [0.25, 0.3) is 0 Å². The number of hydrogen-bond acceptors (Lipinski definition) is 0. The normalized spacial score (nSPS) is 11.7. The van der Waals surface area contributed by atoms with E-state index in [2.05, 4.69) is 0 Å². The Morgan fingerprint density at radius 3 is 2.37 bits per heavy atom. The van der Waals surface area contributed by atoms with Crippen molar-refractivity contribution in [2.45, 2.75) is 6.92 Å². The monoisotopic (exact) mass is 278 g/mol. The van der Waals surface area contributed by atoms with E-state index < -0.39 is 11.6 Å². The molecule has 0 N–H and O–H groups in total. The Labute approximate surface area is 116 Å². The van der Waals surface area contributed by atoms with Gasteiger partial charge < -0.3 is 0 Å². The molecule has 0 fully saturated rings. The van der Waals surface area contributed by atoms with Gasteiger partial charge in [-0.3, -0.25) is 0 Å². The topological polar surface area (TPSA) is 0 Å². The summed E-state index contributed by atoms with van der Waals surface area (Å²) in [6, 6.07) is 11.3. The molecule has 2 rings (SSSR count). The zero-order valence-corrected chi connectivity index (χ0v) is 11.2. The van der Waals surface area contributed by atoms with Crippen LogP contribution in [0.2, 0.25) is 0 Å². The molecule has 98 valence electrons. The largest absolute Gasteiger partial charge is 0.207 e. The van der Waals surface area contributed by atoms with Crippen molar-refractivity contribution in [3.05, 3.63) is 70.8 Å². The van der Waals surface area contributed by atoms with Crippen LogP contribution in [0.1, 0.15) is 16.7 Å². The van der Waals surface area contributed by atoms with Crippen LogP contribution in [0.3, 0.4) is 0 Å². The minimum Gasteiger partial charge on any atom is -0.207 e. The molecule has 0 saturated heterocycles. The highest BCUT2D eigenvalue weighted by atomic mass is 35.5. The second kappa shape index (κ2) is 5.98. The molecule has 0 aliphatic carbocycles. The number of rotatable bonds is 3. The Balaban J connectivity index is 2.41. The molecule has 0 amide bonds. The lowest BCUT2D eigenvalue weighted by atomic mass is 10.0. The molecule has 0 saturated carbocycles. The van der Waals surface area contributed by atoms with Gasteiger partial charge in [0, 0.05) is 17.5 Å². The zero-order chi connectivity index (χ0) is 13.8. The van der Waals surface area contributed by atoms with Crippen molar-refractivity contribution in [3.63, 3.8) is 0 Å². The second-order valence-corrected chi connectivity index (χ2v) is 4.61. The number of alkyl halides is 1. The molecule has 0 aromatic heterocycles. The van der Waals surface area contributed by atoms with Crippen molar-refractivity contribution in [2.24, 2.45) is 0 Å². The fourth-order valence-corrected chi connectivity index (χ4v) is 2.02. The Morgan fingerprint density at radius 1 is 1.11 bits per heavy atom. The van der Waals surface area contributed by atoms with E-state index in [4.69, 9.17) is 11.6 Å². The lowest BCUT2D eigenvalue weighted by molar-refractivity contribution is 0.581.